The molecule has 0 bridgehead atoms. The smallest absolute Gasteiger partial charge is 0.423 e. The molecule has 202 valence electrons. The van der Waals surface area contributed by atoms with Gasteiger partial charge in [-0.25, -0.2) is 0 Å². The van der Waals surface area contributed by atoms with Crippen molar-refractivity contribution >= 4 is 50.3 Å². The molecule has 8 nitrogen and oxygen atoms in total. The van der Waals surface area contributed by atoms with E-state index in [0.29, 0.717) is 21.9 Å². The van der Waals surface area contributed by atoms with Gasteiger partial charge in [-0.05, 0) is 42.6 Å². The fourth-order valence-corrected chi connectivity index (χ4v) is 3.07. The zero-order chi connectivity index (χ0) is 29.4. The summed E-state index contributed by atoms with van der Waals surface area (Å²) in [6.07, 6.45) is 0. The average Bonchev–Trinajstić information content (AvgIpc) is 2.90. The highest BCUT2D eigenvalue weighted by Crippen LogP contribution is 1.94. The highest BCUT2D eigenvalue weighted by molar-refractivity contribution is 6.59. The molecule has 0 fully saturated rings. The van der Waals surface area contributed by atoms with Crippen LogP contribution in [0.5, 0.6) is 0 Å². The molecule has 39 heavy (non-hydrogen) atoms. The summed E-state index contributed by atoms with van der Waals surface area (Å²) in [5.41, 5.74) is 5.22. The van der Waals surface area contributed by atoms with Crippen molar-refractivity contribution in [3.63, 3.8) is 0 Å². The maximum Gasteiger partial charge on any atom is 0.488 e. The summed E-state index contributed by atoms with van der Waals surface area (Å²) < 4.78 is 0. The van der Waals surface area contributed by atoms with Crippen molar-refractivity contribution in [2.45, 2.75) is 20.8 Å². The normalized spacial score (nSPS) is 9.41. The monoisotopic (exact) mass is 530 g/mol. The molecular weight excluding hydrogens is 496 g/mol. The molecule has 4 aromatic carbocycles. The van der Waals surface area contributed by atoms with Gasteiger partial charge in [-0.15, -0.1) is 0 Å². The van der Waals surface area contributed by atoms with E-state index in [4.69, 9.17) is 40.2 Å². The van der Waals surface area contributed by atoms with Gasteiger partial charge in [0.1, 0.15) is 0 Å². The number of aryl methyl sites for hydroxylation is 3. The van der Waals surface area contributed by atoms with Crippen molar-refractivity contribution in [2.24, 2.45) is 0 Å². The van der Waals surface area contributed by atoms with Crippen LogP contribution >= 0.6 is 0 Å². The van der Waals surface area contributed by atoms with Gasteiger partial charge in [-0.3, -0.25) is 0 Å². The van der Waals surface area contributed by atoms with E-state index in [1.165, 1.54) is 0 Å². The molecule has 0 atom stereocenters. The largest absolute Gasteiger partial charge is 0.488 e. The summed E-state index contributed by atoms with van der Waals surface area (Å²) >= 11 is 0. The Kier molecular flexibility index (Phi) is 15.8. The lowest BCUT2D eigenvalue weighted by atomic mass is 9.77. The van der Waals surface area contributed by atoms with E-state index < -0.39 is 28.5 Å². The number of hydrogen-bond donors (Lipinski definition) is 8. The Balaban J connectivity index is 0.000000260. The lowest BCUT2D eigenvalue weighted by Crippen LogP contribution is -2.31. The second kappa shape index (κ2) is 18.2. The Hall–Kier alpha value is -3.18. The van der Waals surface area contributed by atoms with Crippen molar-refractivity contribution in [2.75, 3.05) is 0 Å². The molecule has 0 radical (unpaired) electrons. The van der Waals surface area contributed by atoms with Crippen LogP contribution in [0, 0.1) is 20.8 Å². The molecule has 12 heteroatoms. The summed E-state index contributed by atoms with van der Waals surface area (Å²) in [6, 6.07) is 30.0. The molecule has 0 aliphatic heterocycles. The standard InChI is InChI=1S/3C7H9BO2.C6H7BO2/c1-6-2-4-7(5-3-6)8(9)10;1-6-3-2-4-7(5-6)8(9)10;1-6-4-2-3-5-7(6)8(9)10;8-7(9)6-4-2-1-3-5-6/h3*2-5,9-10H,1H3;1-5,8-9H. The van der Waals surface area contributed by atoms with Gasteiger partial charge in [0.25, 0.3) is 0 Å². The van der Waals surface area contributed by atoms with Gasteiger partial charge in [0, 0.05) is 0 Å². The molecular formula is C27H34B4O8. The van der Waals surface area contributed by atoms with E-state index in [2.05, 4.69) is 0 Å². The molecule has 4 rings (SSSR count). The molecule has 0 aliphatic carbocycles. The summed E-state index contributed by atoms with van der Waals surface area (Å²) in [7, 11) is -5.38. The van der Waals surface area contributed by atoms with Crippen molar-refractivity contribution in [3.8, 4) is 0 Å². The maximum atomic E-state index is 8.76. The fourth-order valence-electron chi connectivity index (χ4n) is 3.07. The lowest BCUT2D eigenvalue weighted by Gasteiger charge is -2.01. The van der Waals surface area contributed by atoms with Crippen LogP contribution in [0.3, 0.4) is 0 Å². The minimum Gasteiger partial charge on any atom is -0.423 e. The van der Waals surface area contributed by atoms with Crippen molar-refractivity contribution in [1.29, 1.82) is 0 Å². The van der Waals surface area contributed by atoms with Crippen LogP contribution in [0.4, 0.5) is 0 Å². The molecule has 0 aromatic heterocycles. The van der Waals surface area contributed by atoms with E-state index in [1.807, 2.05) is 57.2 Å². The molecule has 0 amide bonds. The third-order valence-electron chi connectivity index (χ3n) is 5.28. The maximum absolute atomic E-state index is 8.76. The van der Waals surface area contributed by atoms with Gasteiger partial charge >= 0.3 is 28.5 Å². The number of benzene rings is 4. The SMILES string of the molecule is Cc1ccc(B(O)O)cc1.Cc1cccc(B(O)O)c1.Cc1ccccc1B(O)O.OB(O)c1ccccc1. The van der Waals surface area contributed by atoms with Gasteiger partial charge in [-0.1, -0.05) is 120 Å². The second-order valence-corrected chi connectivity index (χ2v) is 8.59. The molecule has 0 aliphatic rings. The highest BCUT2D eigenvalue weighted by Gasteiger charge is 2.12. The first-order valence-electron chi connectivity index (χ1n) is 12.1. The third-order valence-corrected chi connectivity index (χ3v) is 5.28. The Morgan fingerprint density at radius 1 is 0.385 bits per heavy atom. The predicted molar refractivity (Wildman–Crippen MR) is 159 cm³/mol. The first-order valence-corrected chi connectivity index (χ1v) is 12.1. The van der Waals surface area contributed by atoms with Gasteiger partial charge < -0.3 is 40.2 Å². The first kappa shape index (κ1) is 33.8. The van der Waals surface area contributed by atoms with E-state index >= 15 is 0 Å². The van der Waals surface area contributed by atoms with Gasteiger partial charge in [0.2, 0.25) is 0 Å². The lowest BCUT2D eigenvalue weighted by molar-refractivity contribution is 0.424. The minimum absolute atomic E-state index is 0.525. The van der Waals surface area contributed by atoms with Crippen LogP contribution in [0.2, 0.25) is 0 Å². The van der Waals surface area contributed by atoms with Crippen LogP contribution in [0.25, 0.3) is 0 Å². The zero-order valence-electron chi connectivity index (χ0n) is 22.2. The molecule has 0 saturated heterocycles. The van der Waals surface area contributed by atoms with Crippen molar-refractivity contribution in [3.05, 3.63) is 120 Å². The molecule has 0 heterocycles. The first-order chi connectivity index (χ1) is 18.4. The Bertz CT molecular complexity index is 1210. The Labute approximate surface area is 231 Å². The van der Waals surface area contributed by atoms with Crippen molar-refractivity contribution < 1.29 is 40.2 Å². The molecule has 4 aromatic rings. The summed E-state index contributed by atoms with van der Waals surface area (Å²) in [5, 5.41) is 69.4. The Morgan fingerprint density at radius 2 is 0.846 bits per heavy atom. The van der Waals surface area contributed by atoms with Crippen LogP contribution in [0.15, 0.2) is 103 Å². The third kappa shape index (κ3) is 14.0. The number of rotatable bonds is 4. The quantitative estimate of drug-likeness (QED) is 0.147. The van der Waals surface area contributed by atoms with Crippen LogP contribution in [-0.2, 0) is 0 Å². The van der Waals surface area contributed by atoms with Crippen LogP contribution < -0.4 is 21.9 Å². The predicted octanol–water partition coefficient (Wildman–Crippen LogP) is -1.61. The van der Waals surface area contributed by atoms with Crippen LogP contribution in [-0.4, -0.2) is 68.7 Å². The second-order valence-electron chi connectivity index (χ2n) is 8.59. The topological polar surface area (TPSA) is 162 Å². The number of hydrogen-bond acceptors (Lipinski definition) is 8. The van der Waals surface area contributed by atoms with Gasteiger partial charge in [-0.2, -0.15) is 0 Å². The van der Waals surface area contributed by atoms with E-state index in [0.717, 1.165) is 16.7 Å². The summed E-state index contributed by atoms with van der Waals surface area (Å²) in [5.74, 6) is 0. The van der Waals surface area contributed by atoms with E-state index in [-0.39, 0.29) is 0 Å². The minimum atomic E-state index is -1.35. The average molecular weight is 530 g/mol. The molecule has 0 spiro atoms. The van der Waals surface area contributed by atoms with E-state index in [9.17, 15) is 0 Å². The fraction of sp³-hybridized carbons (Fsp3) is 0.111. The van der Waals surface area contributed by atoms with Gasteiger partial charge in [0.15, 0.2) is 0 Å². The summed E-state index contributed by atoms with van der Waals surface area (Å²) in [6.45, 7) is 5.70. The van der Waals surface area contributed by atoms with Crippen molar-refractivity contribution in [1.82, 2.24) is 0 Å². The van der Waals surface area contributed by atoms with E-state index in [1.54, 1.807) is 66.7 Å². The highest BCUT2D eigenvalue weighted by atomic mass is 16.4. The Morgan fingerprint density at radius 3 is 1.23 bits per heavy atom. The molecule has 0 saturated carbocycles. The molecule has 0 unspecified atom stereocenters. The zero-order valence-corrected chi connectivity index (χ0v) is 22.2. The van der Waals surface area contributed by atoms with Crippen LogP contribution in [0.1, 0.15) is 16.7 Å². The molecule has 8 N–H and O–H groups in total. The van der Waals surface area contributed by atoms with Gasteiger partial charge in [0.05, 0.1) is 0 Å². The summed E-state index contributed by atoms with van der Waals surface area (Å²) in [4.78, 5) is 0.